The van der Waals surface area contributed by atoms with Crippen molar-refractivity contribution in [2.75, 3.05) is 5.73 Å². The van der Waals surface area contributed by atoms with Gasteiger partial charge in [0.05, 0.1) is 12.1 Å². The van der Waals surface area contributed by atoms with E-state index in [2.05, 4.69) is 16.8 Å². The molecule has 0 fully saturated rings. The van der Waals surface area contributed by atoms with Crippen molar-refractivity contribution in [2.24, 2.45) is 5.73 Å². The number of rotatable bonds is 1. The van der Waals surface area contributed by atoms with Gasteiger partial charge in [0.15, 0.2) is 0 Å². The van der Waals surface area contributed by atoms with Crippen molar-refractivity contribution in [1.82, 2.24) is 4.98 Å². The van der Waals surface area contributed by atoms with Crippen molar-refractivity contribution >= 4 is 11.7 Å². The van der Waals surface area contributed by atoms with Crippen LogP contribution in [0.5, 0.6) is 0 Å². The third-order valence-electron chi connectivity index (χ3n) is 1.59. The van der Waals surface area contributed by atoms with Crippen molar-refractivity contribution in [3.8, 4) is 11.8 Å². The Labute approximate surface area is 82.3 Å². The summed E-state index contributed by atoms with van der Waals surface area (Å²) >= 11 is 0. The van der Waals surface area contributed by atoms with Crippen LogP contribution in [-0.2, 0) is 4.79 Å². The van der Waals surface area contributed by atoms with E-state index < -0.39 is 5.91 Å². The number of carbonyl (C=O) groups excluding carboxylic acids is 1. The van der Waals surface area contributed by atoms with Gasteiger partial charge in [0, 0.05) is 5.56 Å². The topological polar surface area (TPSA) is 82.0 Å². The van der Waals surface area contributed by atoms with Crippen molar-refractivity contribution in [3.63, 3.8) is 0 Å². The molecular formula is C10H11N3O. The van der Waals surface area contributed by atoms with Gasteiger partial charge in [-0.05, 0) is 19.1 Å². The Kier molecular flexibility index (Phi) is 3.08. The first-order valence-corrected chi connectivity index (χ1v) is 4.10. The van der Waals surface area contributed by atoms with Crippen LogP contribution < -0.4 is 11.5 Å². The lowest BCUT2D eigenvalue weighted by Gasteiger charge is -1.97. The molecule has 1 heterocycles. The van der Waals surface area contributed by atoms with Gasteiger partial charge in [-0.2, -0.15) is 0 Å². The number of nitrogens with zero attached hydrogens (tertiary/aromatic N) is 1. The lowest BCUT2D eigenvalue weighted by atomic mass is 10.2. The summed E-state index contributed by atoms with van der Waals surface area (Å²) in [4.78, 5) is 14.4. The van der Waals surface area contributed by atoms with Crippen molar-refractivity contribution in [1.29, 1.82) is 0 Å². The van der Waals surface area contributed by atoms with Crippen LogP contribution in [0.25, 0.3) is 0 Å². The normalized spacial score (nSPS) is 8.93. The molecule has 4 nitrogen and oxygen atoms in total. The lowest BCUT2D eigenvalue weighted by molar-refractivity contribution is -0.117. The van der Waals surface area contributed by atoms with Gasteiger partial charge in [-0.25, -0.2) is 4.98 Å². The highest BCUT2D eigenvalue weighted by Gasteiger charge is 1.95. The van der Waals surface area contributed by atoms with Crippen LogP contribution in [0.4, 0.5) is 5.82 Å². The maximum Gasteiger partial charge on any atom is 0.229 e. The fourth-order valence-electron chi connectivity index (χ4n) is 0.939. The molecule has 0 spiro atoms. The number of hydrogen-bond acceptors (Lipinski definition) is 3. The van der Waals surface area contributed by atoms with Gasteiger partial charge >= 0.3 is 0 Å². The van der Waals surface area contributed by atoms with E-state index in [-0.39, 0.29) is 6.42 Å². The second kappa shape index (κ2) is 4.28. The Morgan fingerprint density at radius 1 is 1.57 bits per heavy atom. The molecule has 1 aromatic rings. The number of nitrogen functional groups attached to an aromatic ring is 1. The van der Waals surface area contributed by atoms with Gasteiger partial charge in [0.1, 0.15) is 5.82 Å². The number of anilines is 1. The number of carbonyl (C=O) groups is 1. The van der Waals surface area contributed by atoms with Crippen molar-refractivity contribution in [3.05, 3.63) is 23.4 Å². The summed E-state index contributed by atoms with van der Waals surface area (Å²) in [5.74, 6) is 5.49. The van der Waals surface area contributed by atoms with E-state index in [9.17, 15) is 4.79 Å². The molecule has 0 bridgehead atoms. The zero-order valence-electron chi connectivity index (χ0n) is 7.87. The van der Waals surface area contributed by atoms with Gasteiger partial charge in [-0.3, -0.25) is 4.79 Å². The second-order valence-electron chi connectivity index (χ2n) is 2.81. The molecular weight excluding hydrogens is 178 g/mol. The Morgan fingerprint density at radius 3 is 2.86 bits per heavy atom. The minimum absolute atomic E-state index is 0.0593. The highest BCUT2D eigenvalue weighted by molar-refractivity contribution is 5.76. The first-order chi connectivity index (χ1) is 6.59. The first kappa shape index (κ1) is 10.1. The highest BCUT2D eigenvalue weighted by Crippen LogP contribution is 2.05. The quantitative estimate of drug-likeness (QED) is 0.619. The summed E-state index contributed by atoms with van der Waals surface area (Å²) in [6.45, 7) is 1.81. The number of hydrogen-bond donors (Lipinski definition) is 2. The molecule has 0 aliphatic rings. The number of nitrogens with two attached hydrogens (primary N) is 2. The third kappa shape index (κ3) is 2.79. The monoisotopic (exact) mass is 189 g/mol. The number of aryl methyl sites for hydroxylation is 1. The first-order valence-electron chi connectivity index (χ1n) is 4.10. The lowest BCUT2D eigenvalue weighted by Crippen LogP contribution is -2.08. The van der Waals surface area contributed by atoms with Gasteiger partial charge in [0.2, 0.25) is 5.91 Å². The van der Waals surface area contributed by atoms with Gasteiger partial charge in [-0.15, -0.1) is 0 Å². The summed E-state index contributed by atoms with van der Waals surface area (Å²) in [7, 11) is 0. The molecule has 1 aromatic heterocycles. The minimum Gasteiger partial charge on any atom is -0.384 e. The Bertz CT molecular complexity index is 415. The zero-order chi connectivity index (χ0) is 10.6. The molecule has 0 unspecified atom stereocenters. The number of pyridine rings is 1. The van der Waals surface area contributed by atoms with Crippen LogP contribution in [-0.4, -0.2) is 10.9 Å². The van der Waals surface area contributed by atoms with E-state index in [4.69, 9.17) is 11.5 Å². The predicted molar refractivity (Wildman–Crippen MR) is 54.1 cm³/mol. The number of primary amides is 1. The van der Waals surface area contributed by atoms with Crippen LogP contribution >= 0.6 is 0 Å². The third-order valence-corrected chi connectivity index (χ3v) is 1.59. The van der Waals surface area contributed by atoms with E-state index in [0.717, 1.165) is 11.3 Å². The van der Waals surface area contributed by atoms with Crippen LogP contribution in [0.2, 0.25) is 0 Å². The molecule has 72 valence electrons. The Morgan fingerprint density at radius 2 is 2.29 bits per heavy atom. The summed E-state index contributed by atoms with van der Waals surface area (Å²) < 4.78 is 0. The average molecular weight is 189 g/mol. The molecule has 0 saturated carbocycles. The molecule has 0 aliphatic heterocycles. The largest absolute Gasteiger partial charge is 0.384 e. The maximum atomic E-state index is 10.4. The van der Waals surface area contributed by atoms with E-state index in [1.165, 1.54) is 0 Å². The molecule has 4 heteroatoms. The maximum absolute atomic E-state index is 10.4. The van der Waals surface area contributed by atoms with Crippen molar-refractivity contribution in [2.45, 2.75) is 13.3 Å². The Balaban J connectivity index is 2.85. The molecule has 1 rings (SSSR count). The van der Waals surface area contributed by atoms with E-state index >= 15 is 0 Å². The molecule has 0 aromatic carbocycles. The molecule has 0 radical (unpaired) electrons. The van der Waals surface area contributed by atoms with Gasteiger partial charge in [-0.1, -0.05) is 11.8 Å². The summed E-state index contributed by atoms with van der Waals surface area (Å²) in [5.41, 5.74) is 11.9. The summed E-state index contributed by atoms with van der Waals surface area (Å²) in [6.07, 6.45) is 0.0593. The summed E-state index contributed by atoms with van der Waals surface area (Å²) in [5, 5.41) is 0. The fourth-order valence-corrected chi connectivity index (χ4v) is 0.939. The predicted octanol–water partition coefficient (Wildman–Crippen LogP) is 0.199. The standard InChI is InChI=1S/C10H11N3O/c1-7-8(3-2-4-10(12)14)5-6-9(11)13-7/h5-6H,4H2,1H3,(H2,11,13)(H2,12,14). The molecule has 0 aliphatic carbocycles. The van der Waals surface area contributed by atoms with E-state index in [1.807, 2.05) is 6.92 Å². The molecule has 0 atom stereocenters. The van der Waals surface area contributed by atoms with Crippen LogP contribution in [0.1, 0.15) is 17.7 Å². The van der Waals surface area contributed by atoms with Crippen LogP contribution in [0.3, 0.4) is 0 Å². The van der Waals surface area contributed by atoms with Gasteiger partial charge in [0.25, 0.3) is 0 Å². The van der Waals surface area contributed by atoms with E-state index in [0.29, 0.717) is 5.82 Å². The van der Waals surface area contributed by atoms with Gasteiger partial charge < -0.3 is 11.5 Å². The SMILES string of the molecule is Cc1nc(N)ccc1C#CCC(N)=O. The zero-order valence-corrected chi connectivity index (χ0v) is 7.87. The smallest absolute Gasteiger partial charge is 0.229 e. The molecule has 4 N–H and O–H groups in total. The van der Waals surface area contributed by atoms with E-state index in [1.54, 1.807) is 12.1 Å². The van der Waals surface area contributed by atoms with Crippen molar-refractivity contribution < 1.29 is 4.79 Å². The molecule has 14 heavy (non-hydrogen) atoms. The fraction of sp³-hybridized carbons (Fsp3) is 0.200. The number of aromatic nitrogens is 1. The molecule has 1 amide bonds. The molecule has 0 saturated heterocycles. The highest BCUT2D eigenvalue weighted by atomic mass is 16.1. The summed E-state index contributed by atoms with van der Waals surface area (Å²) in [6, 6.07) is 3.44. The Hall–Kier alpha value is -2.02. The van der Waals surface area contributed by atoms with Crippen LogP contribution in [0.15, 0.2) is 12.1 Å². The average Bonchev–Trinajstić information content (AvgIpc) is 2.08. The van der Waals surface area contributed by atoms with Crippen LogP contribution in [0, 0.1) is 18.8 Å². The number of amides is 1. The minimum atomic E-state index is -0.432. The second-order valence-corrected chi connectivity index (χ2v) is 2.81.